The molecule has 2 rings (SSSR count). The van der Waals surface area contributed by atoms with Gasteiger partial charge in [-0.15, -0.1) is 12.4 Å². The number of carbonyl (C=O) groups excluding carboxylic acids is 1. The molecule has 0 heterocycles. The molecule has 3 N–H and O–H groups in total. The standard InChI is InChI=1S/C15H21ClN2O.ClH/c1-10(12-6-2-3-7-13(12)16)18-15(19)9-11-5-4-8-14(11)17;/h2-3,6-7,10-11,14H,4-5,8-9,17H2,1H3,(H,18,19);1H/t10?,11-,14+;/m0./s1. The van der Waals surface area contributed by atoms with Crippen molar-refractivity contribution >= 4 is 29.9 Å². The molecule has 1 aromatic rings. The molecule has 5 heteroatoms. The molecular formula is C15H22Cl2N2O. The van der Waals surface area contributed by atoms with Gasteiger partial charge in [0, 0.05) is 17.5 Å². The molecule has 1 aliphatic carbocycles. The quantitative estimate of drug-likeness (QED) is 0.893. The van der Waals surface area contributed by atoms with Gasteiger partial charge in [0.25, 0.3) is 0 Å². The molecule has 0 saturated heterocycles. The SMILES string of the molecule is CC(NC(=O)C[C@@H]1CCC[C@H]1N)c1ccccc1Cl.Cl. The molecule has 3 nitrogen and oxygen atoms in total. The summed E-state index contributed by atoms with van der Waals surface area (Å²) in [6.45, 7) is 1.95. The van der Waals surface area contributed by atoms with E-state index in [1.807, 2.05) is 31.2 Å². The van der Waals surface area contributed by atoms with E-state index in [2.05, 4.69) is 5.32 Å². The first-order valence-electron chi connectivity index (χ1n) is 6.87. The highest BCUT2D eigenvalue weighted by molar-refractivity contribution is 6.31. The molecule has 0 aromatic heterocycles. The summed E-state index contributed by atoms with van der Waals surface area (Å²) in [4.78, 5) is 12.0. The molecule has 1 aromatic carbocycles. The van der Waals surface area contributed by atoms with Crippen LogP contribution < -0.4 is 11.1 Å². The number of carbonyl (C=O) groups is 1. The van der Waals surface area contributed by atoms with Crippen molar-refractivity contribution in [3.05, 3.63) is 34.9 Å². The monoisotopic (exact) mass is 316 g/mol. The lowest BCUT2D eigenvalue weighted by atomic mass is 9.99. The molecule has 1 aliphatic rings. The van der Waals surface area contributed by atoms with E-state index in [1.54, 1.807) is 0 Å². The molecule has 1 fully saturated rings. The maximum absolute atomic E-state index is 12.0. The van der Waals surface area contributed by atoms with Gasteiger partial charge in [-0.1, -0.05) is 36.2 Å². The van der Waals surface area contributed by atoms with E-state index >= 15 is 0 Å². The third-order valence-corrected chi connectivity index (χ3v) is 4.26. The molecule has 1 amide bonds. The number of hydrogen-bond donors (Lipinski definition) is 2. The van der Waals surface area contributed by atoms with Crippen molar-refractivity contribution in [3.8, 4) is 0 Å². The van der Waals surface area contributed by atoms with Gasteiger partial charge in [-0.2, -0.15) is 0 Å². The summed E-state index contributed by atoms with van der Waals surface area (Å²) in [6, 6.07) is 7.70. The highest BCUT2D eigenvalue weighted by atomic mass is 35.5. The number of amides is 1. The van der Waals surface area contributed by atoms with Crippen LogP contribution in [0.1, 0.15) is 44.2 Å². The van der Waals surface area contributed by atoms with E-state index in [1.165, 1.54) is 0 Å². The zero-order chi connectivity index (χ0) is 13.8. The van der Waals surface area contributed by atoms with Gasteiger partial charge >= 0.3 is 0 Å². The lowest BCUT2D eigenvalue weighted by molar-refractivity contribution is -0.122. The fourth-order valence-electron chi connectivity index (χ4n) is 2.76. The van der Waals surface area contributed by atoms with E-state index in [0.29, 0.717) is 17.4 Å². The Morgan fingerprint density at radius 3 is 2.75 bits per heavy atom. The molecule has 0 radical (unpaired) electrons. The van der Waals surface area contributed by atoms with E-state index in [4.69, 9.17) is 17.3 Å². The number of nitrogens with one attached hydrogen (secondary N) is 1. The normalized spacial score (nSPS) is 22.9. The fraction of sp³-hybridized carbons (Fsp3) is 0.533. The van der Waals surface area contributed by atoms with Crippen molar-refractivity contribution in [2.75, 3.05) is 0 Å². The van der Waals surface area contributed by atoms with Gasteiger partial charge in [0.15, 0.2) is 0 Å². The zero-order valence-electron chi connectivity index (χ0n) is 11.6. The first-order valence-corrected chi connectivity index (χ1v) is 7.25. The summed E-state index contributed by atoms with van der Waals surface area (Å²) in [7, 11) is 0. The minimum absolute atomic E-state index is 0. The van der Waals surface area contributed by atoms with Crippen LogP contribution in [0.25, 0.3) is 0 Å². The predicted molar refractivity (Wildman–Crippen MR) is 85.2 cm³/mol. The van der Waals surface area contributed by atoms with Crippen LogP contribution in [-0.2, 0) is 4.79 Å². The van der Waals surface area contributed by atoms with E-state index in [0.717, 1.165) is 24.8 Å². The van der Waals surface area contributed by atoms with Crippen LogP contribution in [0.5, 0.6) is 0 Å². The molecule has 0 aliphatic heterocycles. The van der Waals surface area contributed by atoms with Gasteiger partial charge in [-0.25, -0.2) is 0 Å². The third kappa shape index (κ3) is 4.37. The Balaban J connectivity index is 0.00000200. The maximum Gasteiger partial charge on any atom is 0.220 e. The summed E-state index contributed by atoms with van der Waals surface area (Å²) in [6.07, 6.45) is 3.77. The summed E-state index contributed by atoms with van der Waals surface area (Å²) >= 11 is 6.12. The van der Waals surface area contributed by atoms with Gasteiger partial charge < -0.3 is 11.1 Å². The molecule has 20 heavy (non-hydrogen) atoms. The van der Waals surface area contributed by atoms with Crippen molar-refractivity contribution < 1.29 is 4.79 Å². The highest BCUT2D eigenvalue weighted by Crippen LogP contribution is 2.27. The zero-order valence-corrected chi connectivity index (χ0v) is 13.2. The van der Waals surface area contributed by atoms with Crippen LogP contribution >= 0.6 is 24.0 Å². The Hall–Kier alpha value is -0.770. The van der Waals surface area contributed by atoms with Crippen LogP contribution in [0.2, 0.25) is 5.02 Å². The molecule has 1 saturated carbocycles. The Kier molecular flexibility index (Phi) is 6.80. The second kappa shape index (κ2) is 7.87. The summed E-state index contributed by atoms with van der Waals surface area (Å²) in [5, 5.41) is 3.69. The molecule has 1 unspecified atom stereocenters. The minimum atomic E-state index is -0.0705. The number of halogens is 2. The van der Waals surface area contributed by atoms with E-state index < -0.39 is 0 Å². The van der Waals surface area contributed by atoms with Gasteiger partial charge in [-0.3, -0.25) is 4.79 Å². The lowest BCUT2D eigenvalue weighted by Crippen LogP contribution is -2.32. The Morgan fingerprint density at radius 2 is 2.15 bits per heavy atom. The average Bonchev–Trinajstić information content (AvgIpc) is 2.75. The lowest BCUT2D eigenvalue weighted by Gasteiger charge is -2.19. The van der Waals surface area contributed by atoms with Gasteiger partial charge in [-0.05, 0) is 37.3 Å². The number of benzene rings is 1. The number of hydrogen-bond acceptors (Lipinski definition) is 2. The maximum atomic E-state index is 12.0. The van der Waals surface area contributed by atoms with Crippen molar-refractivity contribution in [2.45, 2.75) is 44.7 Å². The average molecular weight is 317 g/mol. The smallest absolute Gasteiger partial charge is 0.220 e. The predicted octanol–water partition coefficient (Wildman–Crippen LogP) is 3.46. The second-order valence-corrected chi connectivity index (χ2v) is 5.78. The van der Waals surface area contributed by atoms with Crippen LogP contribution in [-0.4, -0.2) is 11.9 Å². The van der Waals surface area contributed by atoms with Crippen molar-refractivity contribution in [1.29, 1.82) is 0 Å². The molecule has 0 bridgehead atoms. The summed E-state index contributed by atoms with van der Waals surface area (Å²) in [5.41, 5.74) is 6.94. The van der Waals surface area contributed by atoms with Gasteiger partial charge in [0.05, 0.1) is 6.04 Å². The largest absolute Gasteiger partial charge is 0.350 e. The summed E-state index contributed by atoms with van der Waals surface area (Å²) < 4.78 is 0. The van der Waals surface area contributed by atoms with Crippen molar-refractivity contribution in [2.24, 2.45) is 11.7 Å². The summed E-state index contributed by atoms with van der Waals surface area (Å²) in [5.74, 6) is 0.396. The highest BCUT2D eigenvalue weighted by Gasteiger charge is 2.26. The number of nitrogens with two attached hydrogens (primary N) is 1. The van der Waals surface area contributed by atoms with Crippen LogP contribution in [0, 0.1) is 5.92 Å². The van der Waals surface area contributed by atoms with E-state index in [9.17, 15) is 4.79 Å². The third-order valence-electron chi connectivity index (χ3n) is 3.91. The van der Waals surface area contributed by atoms with Crippen LogP contribution in [0.3, 0.4) is 0 Å². The van der Waals surface area contributed by atoms with Crippen molar-refractivity contribution in [1.82, 2.24) is 5.32 Å². The van der Waals surface area contributed by atoms with Gasteiger partial charge in [0.2, 0.25) is 5.91 Å². The fourth-order valence-corrected chi connectivity index (χ4v) is 3.06. The first kappa shape index (κ1) is 17.3. The van der Waals surface area contributed by atoms with E-state index in [-0.39, 0.29) is 30.4 Å². The Labute approximate surface area is 131 Å². The Bertz CT molecular complexity index is 453. The minimum Gasteiger partial charge on any atom is -0.350 e. The van der Waals surface area contributed by atoms with Crippen LogP contribution in [0.15, 0.2) is 24.3 Å². The molecule has 3 atom stereocenters. The van der Waals surface area contributed by atoms with Crippen molar-refractivity contribution in [3.63, 3.8) is 0 Å². The molecular weight excluding hydrogens is 295 g/mol. The topological polar surface area (TPSA) is 55.1 Å². The molecule has 0 spiro atoms. The Morgan fingerprint density at radius 1 is 1.45 bits per heavy atom. The van der Waals surface area contributed by atoms with Crippen LogP contribution in [0.4, 0.5) is 0 Å². The first-order chi connectivity index (χ1) is 9.08. The van der Waals surface area contributed by atoms with Gasteiger partial charge in [0.1, 0.15) is 0 Å². The number of rotatable bonds is 4. The molecule has 112 valence electrons. The second-order valence-electron chi connectivity index (χ2n) is 5.37.